The summed E-state index contributed by atoms with van der Waals surface area (Å²) in [6.45, 7) is 5.21. The van der Waals surface area contributed by atoms with Crippen molar-refractivity contribution in [2.75, 3.05) is 13.2 Å². The molecular weight excluding hydrogens is 224 g/mol. The highest BCUT2D eigenvalue weighted by atomic mass is 16.5. The average molecular weight is 246 g/mol. The minimum Gasteiger partial charge on any atom is -0.480 e. The van der Waals surface area contributed by atoms with E-state index in [4.69, 9.17) is 9.84 Å². The van der Waals surface area contributed by atoms with Crippen LogP contribution in [-0.2, 0) is 14.3 Å². The molecule has 17 heavy (non-hydrogen) atoms. The normalized spacial score (nSPS) is 14.4. The zero-order chi connectivity index (χ0) is 13.5. The fourth-order valence-corrected chi connectivity index (χ4v) is 1.84. The van der Waals surface area contributed by atoms with Crippen molar-refractivity contribution in [2.24, 2.45) is 11.3 Å². The third-order valence-corrected chi connectivity index (χ3v) is 2.99. The number of aliphatic hydroxyl groups is 1. The first-order valence-corrected chi connectivity index (χ1v) is 5.94. The molecule has 5 heteroatoms. The van der Waals surface area contributed by atoms with Crippen molar-refractivity contribution in [2.45, 2.75) is 40.0 Å². The average Bonchev–Trinajstić information content (AvgIpc) is 2.23. The molecule has 5 nitrogen and oxygen atoms in total. The van der Waals surface area contributed by atoms with Gasteiger partial charge in [0.05, 0.1) is 6.61 Å². The number of hydrogen-bond donors (Lipinski definition) is 2. The van der Waals surface area contributed by atoms with Gasteiger partial charge in [0.15, 0.2) is 5.41 Å². The highest BCUT2D eigenvalue weighted by Gasteiger charge is 2.49. The molecule has 0 aromatic rings. The molecule has 0 fully saturated rings. The predicted molar refractivity (Wildman–Crippen MR) is 62.5 cm³/mol. The molecule has 0 saturated heterocycles. The number of unbranched alkanes of at least 4 members (excludes halogenated alkanes) is 1. The van der Waals surface area contributed by atoms with Crippen LogP contribution in [0.3, 0.4) is 0 Å². The number of ether oxygens (including phenoxy) is 1. The monoisotopic (exact) mass is 246 g/mol. The summed E-state index contributed by atoms with van der Waals surface area (Å²) in [5, 5.41) is 18.0. The minimum atomic E-state index is -1.49. The van der Waals surface area contributed by atoms with Crippen LogP contribution in [0.2, 0.25) is 0 Å². The smallest absolute Gasteiger partial charge is 0.323 e. The Morgan fingerprint density at radius 2 is 1.88 bits per heavy atom. The molecule has 0 bridgehead atoms. The fraction of sp³-hybridized carbons (Fsp3) is 0.833. The van der Waals surface area contributed by atoms with Crippen molar-refractivity contribution in [3.05, 3.63) is 0 Å². The van der Waals surface area contributed by atoms with Crippen molar-refractivity contribution in [3.8, 4) is 0 Å². The van der Waals surface area contributed by atoms with Crippen molar-refractivity contribution in [1.29, 1.82) is 0 Å². The lowest BCUT2D eigenvalue weighted by Gasteiger charge is -2.30. The summed E-state index contributed by atoms with van der Waals surface area (Å²) in [4.78, 5) is 23.3. The van der Waals surface area contributed by atoms with Crippen molar-refractivity contribution >= 4 is 11.9 Å². The maximum atomic E-state index is 11.9. The van der Waals surface area contributed by atoms with E-state index in [1.165, 1.54) is 0 Å². The van der Waals surface area contributed by atoms with E-state index >= 15 is 0 Å². The molecular formula is C12H22O5. The highest BCUT2D eigenvalue weighted by Crippen LogP contribution is 2.35. The number of esters is 1. The number of carbonyl (C=O) groups excluding carboxylic acids is 1. The maximum absolute atomic E-state index is 11.9. The number of aliphatic hydroxyl groups excluding tert-OH is 1. The summed E-state index contributed by atoms with van der Waals surface area (Å²) in [6, 6.07) is 0. The number of aliphatic carboxylic acids is 1. The molecule has 0 aromatic heterocycles. The Morgan fingerprint density at radius 1 is 1.29 bits per heavy atom. The molecule has 0 heterocycles. The lowest BCUT2D eigenvalue weighted by atomic mass is 9.73. The van der Waals surface area contributed by atoms with Crippen LogP contribution in [0.1, 0.15) is 40.0 Å². The second-order valence-corrected chi connectivity index (χ2v) is 4.33. The lowest BCUT2D eigenvalue weighted by molar-refractivity contribution is -0.173. The summed E-state index contributed by atoms with van der Waals surface area (Å²) >= 11 is 0. The quantitative estimate of drug-likeness (QED) is 0.384. The van der Waals surface area contributed by atoms with E-state index in [0.29, 0.717) is 12.8 Å². The van der Waals surface area contributed by atoms with Gasteiger partial charge in [0.25, 0.3) is 0 Å². The first kappa shape index (κ1) is 15.9. The number of hydrogen-bond acceptors (Lipinski definition) is 4. The summed E-state index contributed by atoms with van der Waals surface area (Å²) in [5.74, 6) is -2.18. The third-order valence-electron chi connectivity index (χ3n) is 2.99. The molecule has 2 N–H and O–H groups in total. The number of carboxylic acids is 1. The molecule has 1 unspecified atom stereocenters. The first-order chi connectivity index (χ1) is 7.93. The van der Waals surface area contributed by atoms with Gasteiger partial charge in [-0.15, -0.1) is 0 Å². The Kier molecular flexibility index (Phi) is 6.80. The lowest BCUT2D eigenvalue weighted by Crippen LogP contribution is -2.45. The highest BCUT2D eigenvalue weighted by molar-refractivity contribution is 5.99. The van der Waals surface area contributed by atoms with E-state index < -0.39 is 17.4 Å². The minimum absolute atomic E-state index is 0.00335. The Morgan fingerprint density at radius 3 is 2.24 bits per heavy atom. The molecule has 0 aliphatic carbocycles. The van der Waals surface area contributed by atoms with Gasteiger partial charge in [-0.25, -0.2) is 0 Å². The van der Waals surface area contributed by atoms with Crippen LogP contribution >= 0.6 is 0 Å². The van der Waals surface area contributed by atoms with Crippen LogP contribution in [0.5, 0.6) is 0 Å². The van der Waals surface area contributed by atoms with E-state index in [1.54, 1.807) is 20.8 Å². The van der Waals surface area contributed by atoms with E-state index in [1.807, 2.05) is 0 Å². The van der Waals surface area contributed by atoms with E-state index in [2.05, 4.69) is 0 Å². The van der Waals surface area contributed by atoms with Crippen molar-refractivity contribution in [1.82, 2.24) is 0 Å². The molecule has 0 rings (SSSR count). The van der Waals surface area contributed by atoms with Crippen LogP contribution in [0, 0.1) is 11.3 Å². The zero-order valence-corrected chi connectivity index (χ0v) is 10.7. The molecule has 0 aliphatic rings. The van der Waals surface area contributed by atoms with Gasteiger partial charge < -0.3 is 14.9 Å². The Labute approximate surface area is 102 Å². The molecule has 0 aliphatic heterocycles. The van der Waals surface area contributed by atoms with Gasteiger partial charge in [-0.3, -0.25) is 9.59 Å². The number of carboxylic acid groups (broad SMARTS) is 1. The van der Waals surface area contributed by atoms with E-state index in [9.17, 15) is 14.7 Å². The molecule has 1 atom stereocenters. The number of carbonyl (C=O) groups is 2. The number of rotatable bonds is 8. The van der Waals surface area contributed by atoms with Crippen LogP contribution in [0.15, 0.2) is 0 Å². The van der Waals surface area contributed by atoms with Crippen LogP contribution < -0.4 is 0 Å². The second-order valence-electron chi connectivity index (χ2n) is 4.33. The SMILES string of the molecule is CCOC(=O)C(CCCCO)(C(=O)O)C(C)C. The van der Waals surface area contributed by atoms with Gasteiger partial charge in [0.1, 0.15) is 0 Å². The largest absolute Gasteiger partial charge is 0.480 e. The second kappa shape index (κ2) is 7.27. The zero-order valence-electron chi connectivity index (χ0n) is 10.7. The van der Waals surface area contributed by atoms with E-state index in [0.717, 1.165) is 0 Å². The Bertz CT molecular complexity index is 262. The van der Waals surface area contributed by atoms with Gasteiger partial charge in [-0.05, 0) is 32.1 Å². The van der Waals surface area contributed by atoms with Crippen LogP contribution in [0.25, 0.3) is 0 Å². The Balaban J connectivity index is 5.00. The third kappa shape index (κ3) is 3.70. The van der Waals surface area contributed by atoms with E-state index in [-0.39, 0.29) is 25.6 Å². The van der Waals surface area contributed by atoms with Crippen molar-refractivity contribution < 1.29 is 24.5 Å². The summed E-state index contributed by atoms with van der Waals surface area (Å²) in [5.41, 5.74) is -1.49. The van der Waals surface area contributed by atoms with Gasteiger partial charge in [-0.1, -0.05) is 13.8 Å². The first-order valence-electron chi connectivity index (χ1n) is 5.94. The Hall–Kier alpha value is -1.10. The topological polar surface area (TPSA) is 83.8 Å². The molecule has 0 spiro atoms. The summed E-state index contributed by atoms with van der Waals surface area (Å²) in [7, 11) is 0. The van der Waals surface area contributed by atoms with Gasteiger partial charge in [-0.2, -0.15) is 0 Å². The summed E-state index contributed by atoms with van der Waals surface area (Å²) in [6.07, 6.45) is 1.17. The molecule has 100 valence electrons. The summed E-state index contributed by atoms with van der Waals surface area (Å²) < 4.78 is 4.88. The van der Waals surface area contributed by atoms with Gasteiger partial charge in [0.2, 0.25) is 0 Å². The molecule has 0 aromatic carbocycles. The van der Waals surface area contributed by atoms with Gasteiger partial charge in [0, 0.05) is 6.61 Å². The molecule has 0 radical (unpaired) electrons. The van der Waals surface area contributed by atoms with Crippen LogP contribution in [-0.4, -0.2) is 35.4 Å². The van der Waals surface area contributed by atoms with Crippen molar-refractivity contribution in [3.63, 3.8) is 0 Å². The fourth-order valence-electron chi connectivity index (χ4n) is 1.84. The molecule has 0 saturated carbocycles. The molecule has 0 amide bonds. The van der Waals surface area contributed by atoms with Gasteiger partial charge >= 0.3 is 11.9 Å². The van der Waals surface area contributed by atoms with Crippen LogP contribution in [0.4, 0.5) is 0 Å². The maximum Gasteiger partial charge on any atom is 0.323 e. The standard InChI is InChI=1S/C12H22O5/c1-4-17-11(16)12(9(2)3,10(14)15)7-5-6-8-13/h9,13H,4-8H2,1-3H3,(H,14,15). The predicted octanol–water partition coefficient (Wildman–Crippen LogP) is 1.44.